The van der Waals surface area contributed by atoms with Gasteiger partial charge < -0.3 is 21.5 Å². The number of hydrogen-bond donors (Lipinski definition) is 3. The summed E-state index contributed by atoms with van der Waals surface area (Å²) < 4.78 is 6.30. The zero-order valence-electron chi connectivity index (χ0n) is 12.7. The number of nitrogen functional groups attached to an aromatic ring is 1. The maximum atomic E-state index is 12.1. The van der Waals surface area contributed by atoms with E-state index in [-0.39, 0.29) is 5.82 Å². The molecule has 0 aliphatic carbocycles. The van der Waals surface area contributed by atoms with Gasteiger partial charge in [0, 0.05) is 17.4 Å². The summed E-state index contributed by atoms with van der Waals surface area (Å²) in [6.07, 6.45) is 2.83. The van der Waals surface area contributed by atoms with Crippen molar-refractivity contribution in [1.82, 2.24) is 14.6 Å². The van der Waals surface area contributed by atoms with E-state index in [4.69, 9.17) is 16.2 Å². The maximum absolute atomic E-state index is 12.1. The smallest absolute Gasteiger partial charge is 0.340 e. The summed E-state index contributed by atoms with van der Waals surface area (Å²) in [5.74, 6) is -0.288. The molecule has 24 heavy (non-hydrogen) atoms. The Labute approximate surface area is 136 Å². The highest BCUT2D eigenvalue weighted by Crippen LogP contribution is 2.33. The van der Waals surface area contributed by atoms with Gasteiger partial charge >= 0.3 is 12.0 Å². The Bertz CT molecular complexity index is 932. The molecule has 0 saturated heterocycles. The van der Waals surface area contributed by atoms with E-state index in [0.29, 0.717) is 27.9 Å². The fraction of sp³-hybridized carbons (Fsp3) is 0.0667. The first kappa shape index (κ1) is 15.3. The summed E-state index contributed by atoms with van der Waals surface area (Å²) in [7, 11) is 1.30. The molecule has 0 atom stereocenters. The van der Waals surface area contributed by atoms with Crippen LogP contribution in [0.2, 0.25) is 0 Å². The van der Waals surface area contributed by atoms with Gasteiger partial charge in [0.15, 0.2) is 5.82 Å². The van der Waals surface area contributed by atoms with E-state index in [1.165, 1.54) is 24.1 Å². The van der Waals surface area contributed by atoms with Crippen molar-refractivity contribution in [3.05, 3.63) is 42.4 Å². The van der Waals surface area contributed by atoms with E-state index < -0.39 is 12.0 Å². The van der Waals surface area contributed by atoms with Crippen LogP contribution in [0.4, 0.5) is 16.3 Å². The second kappa shape index (κ2) is 5.88. The molecular formula is C15H14N6O3. The molecule has 0 spiro atoms. The van der Waals surface area contributed by atoms with Gasteiger partial charge in [-0.05, 0) is 17.7 Å². The molecule has 0 unspecified atom stereocenters. The summed E-state index contributed by atoms with van der Waals surface area (Å²) in [5, 5.41) is 6.53. The number of nitrogens with one attached hydrogen (secondary N) is 1. The molecule has 5 N–H and O–H groups in total. The number of carbonyl (C=O) groups is 2. The molecule has 2 amide bonds. The predicted octanol–water partition coefficient (Wildman–Crippen LogP) is 1.26. The van der Waals surface area contributed by atoms with E-state index in [1.807, 2.05) is 0 Å². The molecule has 0 radical (unpaired) electrons. The van der Waals surface area contributed by atoms with Crippen LogP contribution in [-0.4, -0.2) is 33.7 Å². The standard InChI is InChI=1S/C15H14N6O3/c1-24-14(22)10-6-21-12(13(16)18-7-19-21)11(10)8-2-4-9(5-3-8)20-15(17)23/h2-7H,1H3,(H2,16,18,19)(H3,17,20,23). The van der Waals surface area contributed by atoms with Crippen LogP contribution in [-0.2, 0) is 4.74 Å². The highest BCUT2D eigenvalue weighted by molar-refractivity contribution is 6.04. The first-order valence-corrected chi connectivity index (χ1v) is 6.88. The van der Waals surface area contributed by atoms with Crippen molar-refractivity contribution in [3.8, 4) is 11.1 Å². The fourth-order valence-corrected chi connectivity index (χ4v) is 2.45. The molecule has 0 fully saturated rings. The molecule has 3 rings (SSSR count). The largest absolute Gasteiger partial charge is 0.465 e. The minimum atomic E-state index is -0.662. The second-order valence-corrected chi connectivity index (χ2v) is 4.91. The third-order valence-electron chi connectivity index (χ3n) is 3.45. The van der Waals surface area contributed by atoms with Crippen molar-refractivity contribution in [3.63, 3.8) is 0 Å². The van der Waals surface area contributed by atoms with Gasteiger partial charge in [0.25, 0.3) is 0 Å². The number of ether oxygens (including phenoxy) is 1. The van der Waals surface area contributed by atoms with E-state index in [9.17, 15) is 9.59 Å². The average molecular weight is 326 g/mol. The van der Waals surface area contributed by atoms with E-state index in [0.717, 1.165) is 0 Å². The number of primary amides is 1. The van der Waals surface area contributed by atoms with Crippen LogP contribution in [0, 0.1) is 0 Å². The molecule has 1 aromatic carbocycles. The van der Waals surface area contributed by atoms with Crippen LogP contribution in [0.1, 0.15) is 10.4 Å². The Morgan fingerprint density at radius 3 is 2.58 bits per heavy atom. The molecule has 0 bridgehead atoms. The van der Waals surface area contributed by atoms with E-state index in [1.54, 1.807) is 24.3 Å². The Balaban J connectivity index is 2.20. The van der Waals surface area contributed by atoms with Gasteiger partial charge in [-0.2, -0.15) is 5.10 Å². The molecule has 122 valence electrons. The normalized spacial score (nSPS) is 10.5. The molecular weight excluding hydrogens is 312 g/mol. The number of anilines is 2. The van der Waals surface area contributed by atoms with Crippen LogP contribution in [0.3, 0.4) is 0 Å². The van der Waals surface area contributed by atoms with E-state index in [2.05, 4.69) is 15.4 Å². The number of hydrogen-bond acceptors (Lipinski definition) is 6. The molecule has 2 heterocycles. The number of carbonyl (C=O) groups excluding carboxylic acids is 2. The lowest BCUT2D eigenvalue weighted by molar-refractivity contribution is 0.0601. The number of nitrogens with zero attached hydrogens (tertiary/aromatic N) is 3. The van der Waals surface area contributed by atoms with Crippen molar-refractivity contribution in [2.45, 2.75) is 0 Å². The molecule has 3 aromatic rings. The molecule has 0 aliphatic rings. The van der Waals surface area contributed by atoms with Gasteiger partial charge in [0.05, 0.1) is 12.7 Å². The van der Waals surface area contributed by atoms with Crippen LogP contribution < -0.4 is 16.8 Å². The Kier molecular flexibility index (Phi) is 3.74. The minimum Gasteiger partial charge on any atom is -0.465 e. The van der Waals surface area contributed by atoms with Gasteiger partial charge in [-0.1, -0.05) is 12.1 Å². The van der Waals surface area contributed by atoms with Crippen molar-refractivity contribution in [1.29, 1.82) is 0 Å². The summed E-state index contributed by atoms with van der Waals surface area (Å²) in [5.41, 5.74) is 13.6. The number of amides is 2. The Hall–Kier alpha value is -3.62. The fourth-order valence-electron chi connectivity index (χ4n) is 2.45. The van der Waals surface area contributed by atoms with Gasteiger partial charge in [0.2, 0.25) is 0 Å². The van der Waals surface area contributed by atoms with Crippen molar-refractivity contribution in [2.24, 2.45) is 5.73 Å². The monoisotopic (exact) mass is 326 g/mol. The molecule has 0 aliphatic heterocycles. The minimum absolute atomic E-state index is 0.231. The molecule has 2 aromatic heterocycles. The molecule has 0 saturated carbocycles. The van der Waals surface area contributed by atoms with Crippen LogP contribution >= 0.6 is 0 Å². The van der Waals surface area contributed by atoms with Crippen molar-refractivity contribution < 1.29 is 14.3 Å². The topological polar surface area (TPSA) is 138 Å². The third-order valence-corrected chi connectivity index (χ3v) is 3.45. The number of esters is 1. The second-order valence-electron chi connectivity index (χ2n) is 4.91. The van der Waals surface area contributed by atoms with Gasteiger partial charge in [-0.15, -0.1) is 0 Å². The first-order valence-electron chi connectivity index (χ1n) is 6.88. The number of aromatic nitrogens is 3. The van der Waals surface area contributed by atoms with Gasteiger partial charge in [-0.25, -0.2) is 19.1 Å². The lowest BCUT2D eigenvalue weighted by Gasteiger charge is -2.07. The number of fused-ring (bicyclic) bond motifs is 1. The molecule has 9 heteroatoms. The number of benzene rings is 1. The highest BCUT2D eigenvalue weighted by atomic mass is 16.5. The van der Waals surface area contributed by atoms with Gasteiger partial charge in [0.1, 0.15) is 11.8 Å². The number of urea groups is 1. The van der Waals surface area contributed by atoms with Crippen molar-refractivity contribution in [2.75, 3.05) is 18.2 Å². The summed E-state index contributed by atoms with van der Waals surface area (Å²) in [6.45, 7) is 0. The first-order chi connectivity index (χ1) is 11.5. The van der Waals surface area contributed by atoms with Crippen LogP contribution in [0.5, 0.6) is 0 Å². The summed E-state index contributed by atoms with van der Waals surface area (Å²) >= 11 is 0. The van der Waals surface area contributed by atoms with Crippen molar-refractivity contribution >= 4 is 29.0 Å². The summed E-state index contributed by atoms with van der Waals surface area (Å²) in [4.78, 5) is 27.0. The maximum Gasteiger partial charge on any atom is 0.340 e. The van der Waals surface area contributed by atoms with E-state index >= 15 is 0 Å². The Morgan fingerprint density at radius 2 is 1.96 bits per heavy atom. The zero-order chi connectivity index (χ0) is 17.3. The lowest BCUT2D eigenvalue weighted by Crippen LogP contribution is -2.19. The average Bonchev–Trinajstić information content (AvgIpc) is 2.95. The number of rotatable bonds is 3. The predicted molar refractivity (Wildman–Crippen MR) is 87.4 cm³/mol. The lowest BCUT2D eigenvalue weighted by atomic mass is 10.0. The van der Waals surface area contributed by atoms with Crippen LogP contribution in [0.25, 0.3) is 16.6 Å². The SMILES string of the molecule is COC(=O)c1cn2ncnc(N)c2c1-c1ccc(NC(N)=O)cc1. The quantitative estimate of drug-likeness (QED) is 0.619. The van der Waals surface area contributed by atoms with Crippen LogP contribution in [0.15, 0.2) is 36.8 Å². The zero-order valence-corrected chi connectivity index (χ0v) is 12.7. The number of methoxy groups -OCH3 is 1. The number of nitrogens with two attached hydrogens (primary N) is 2. The third kappa shape index (κ3) is 2.58. The highest BCUT2D eigenvalue weighted by Gasteiger charge is 2.21. The Morgan fingerprint density at radius 1 is 1.25 bits per heavy atom. The molecule has 9 nitrogen and oxygen atoms in total. The van der Waals surface area contributed by atoms with Gasteiger partial charge in [-0.3, -0.25) is 0 Å². The summed E-state index contributed by atoms with van der Waals surface area (Å²) in [6, 6.07) is 6.10.